The van der Waals surface area contributed by atoms with Crippen LogP contribution in [0.2, 0.25) is 0 Å². The molecule has 0 radical (unpaired) electrons. The lowest BCUT2D eigenvalue weighted by molar-refractivity contribution is 0.483. The molecule has 1 aromatic rings. The third kappa shape index (κ3) is 2.76. The molecule has 0 saturated heterocycles. The van der Waals surface area contributed by atoms with Gasteiger partial charge in [-0.25, -0.2) is 0 Å². The van der Waals surface area contributed by atoms with Crippen molar-refractivity contribution in [2.45, 2.75) is 11.8 Å². The lowest BCUT2D eigenvalue weighted by Gasteiger charge is -1.95. The van der Waals surface area contributed by atoms with Gasteiger partial charge < -0.3 is 0 Å². The Morgan fingerprint density at radius 2 is 1.58 bits per heavy atom. The van der Waals surface area contributed by atoms with E-state index in [0.29, 0.717) is 0 Å². The van der Waals surface area contributed by atoms with Gasteiger partial charge in [0.2, 0.25) is 0 Å². The van der Waals surface area contributed by atoms with Gasteiger partial charge in [-0.2, -0.15) is 8.42 Å². The van der Waals surface area contributed by atoms with Crippen molar-refractivity contribution >= 4 is 21.1 Å². The molecule has 0 unspecified atom stereocenters. The van der Waals surface area contributed by atoms with E-state index < -0.39 is 10.1 Å². The van der Waals surface area contributed by atoms with Crippen LogP contribution in [0, 0.1) is 6.92 Å². The van der Waals surface area contributed by atoms with E-state index in [2.05, 4.69) is 0 Å². The molecule has 0 saturated carbocycles. The van der Waals surface area contributed by atoms with Gasteiger partial charge in [0, 0.05) is 0 Å². The first kappa shape index (κ1) is 11.3. The van der Waals surface area contributed by atoms with Crippen LogP contribution in [0.5, 0.6) is 0 Å². The zero-order chi connectivity index (χ0) is 8.48. The van der Waals surface area contributed by atoms with Gasteiger partial charge in [-0.3, -0.25) is 4.55 Å². The predicted molar refractivity (Wildman–Crippen MR) is 52.3 cm³/mol. The number of hydrogen-bond donors (Lipinski definition) is 1. The average Bonchev–Trinajstić information content (AvgIpc) is 1.86. The molecule has 5 heteroatoms. The van der Waals surface area contributed by atoms with Gasteiger partial charge in [0.05, 0.1) is 4.90 Å². The molecule has 0 fully saturated rings. The summed E-state index contributed by atoms with van der Waals surface area (Å²) in [5.41, 5.74) is 0.956. The Hall–Kier alpha value is -0.653. The summed E-state index contributed by atoms with van der Waals surface area (Å²) in [4.78, 5) is -0.0666. The summed E-state index contributed by atoms with van der Waals surface area (Å²) < 4.78 is 29.6. The van der Waals surface area contributed by atoms with Crippen LogP contribution in [0.1, 0.15) is 5.56 Å². The highest BCUT2D eigenvalue weighted by atomic mass is 32.2. The Balaban J connectivity index is 0.00000121. The summed E-state index contributed by atoms with van der Waals surface area (Å²) in [6.45, 7) is 1.84. The van der Waals surface area contributed by atoms with Gasteiger partial charge in [-0.05, 0) is 30.0 Å². The smallest absolute Gasteiger partial charge is 0.282 e. The first-order valence-electron chi connectivity index (χ1n) is 3.04. The van der Waals surface area contributed by atoms with Crippen LogP contribution in [-0.2, 0) is 10.1 Å². The summed E-state index contributed by atoms with van der Waals surface area (Å²) in [6, 6.07) is 5.99. The summed E-state index contributed by atoms with van der Waals surface area (Å²) in [7, 11) is -4.02. The van der Waals surface area contributed by atoms with Gasteiger partial charge in [-0.1, -0.05) is 17.7 Å². The minimum Gasteiger partial charge on any atom is -0.282 e. The van der Waals surface area contributed by atoms with Crippen LogP contribution in [0.15, 0.2) is 29.2 Å². The summed E-state index contributed by atoms with van der Waals surface area (Å²) in [5.74, 6) is 0. The molecule has 0 heterocycles. The lowest BCUT2D eigenvalue weighted by Crippen LogP contribution is -1.96. The fourth-order valence-corrected chi connectivity index (χ4v) is 1.19. The summed E-state index contributed by atoms with van der Waals surface area (Å²) in [6.07, 6.45) is 0. The fourth-order valence-electron chi connectivity index (χ4n) is 0.710. The van der Waals surface area contributed by atoms with Crippen LogP contribution >= 0.6 is 0 Å². The third-order valence-electron chi connectivity index (χ3n) is 1.32. The minimum atomic E-state index is -4.02. The van der Waals surface area contributed by atoms with E-state index in [-0.39, 0.29) is 15.9 Å². The number of hydrogen-bond acceptors (Lipinski definition) is 2. The molecule has 0 aliphatic carbocycles. The fraction of sp³-hybridized carbons (Fsp3) is 0.143. The second-order valence-corrected chi connectivity index (χ2v) is 3.71. The van der Waals surface area contributed by atoms with E-state index in [0.717, 1.165) is 5.56 Å². The van der Waals surface area contributed by atoms with Gasteiger partial charge in [-0.15, -0.1) is 0 Å². The van der Waals surface area contributed by atoms with E-state index >= 15 is 0 Å². The second kappa shape index (κ2) is 3.84. The van der Waals surface area contributed by atoms with E-state index in [1.54, 1.807) is 12.1 Å². The summed E-state index contributed by atoms with van der Waals surface area (Å²) >= 11 is 0. The van der Waals surface area contributed by atoms with Gasteiger partial charge in [0.15, 0.2) is 0 Å². The zero-order valence-corrected chi connectivity index (χ0v) is 6.80. The largest absolute Gasteiger partial charge is 0.294 e. The quantitative estimate of drug-likeness (QED) is 0.509. The van der Waals surface area contributed by atoms with Crippen molar-refractivity contribution < 1.29 is 13.0 Å². The predicted octanol–water partition coefficient (Wildman–Crippen LogP) is -0.210. The SMILES string of the molecule is Cc1ccc(S(=O)(=O)O)cc1.[SiH4]. The van der Waals surface area contributed by atoms with E-state index in [9.17, 15) is 8.42 Å². The van der Waals surface area contributed by atoms with Gasteiger partial charge in [0.25, 0.3) is 10.1 Å². The topological polar surface area (TPSA) is 54.4 Å². The molecule has 0 atom stereocenters. The van der Waals surface area contributed by atoms with Crippen molar-refractivity contribution in [2.75, 3.05) is 0 Å². The minimum absolute atomic E-state index is 0. The molecule has 0 aromatic heterocycles. The van der Waals surface area contributed by atoms with Gasteiger partial charge in [0.1, 0.15) is 0 Å². The monoisotopic (exact) mass is 204 g/mol. The first-order chi connectivity index (χ1) is 5.00. The molecule has 68 valence electrons. The van der Waals surface area contributed by atoms with Crippen LogP contribution in [-0.4, -0.2) is 23.9 Å². The number of aryl methyl sites for hydroxylation is 1. The highest BCUT2D eigenvalue weighted by Crippen LogP contribution is 2.08. The van der Waals surface area contributed by atoms with Crippen molar-refractivity contribution in [3.8, 4) is 0 Å². The molecule has 0 aliphatic heterocycles. The van der Waals surface area contributed by atoms with Crippen molar-refractivity contribution in [1.29, 1.82) is 0 Å². The van der Waals surface area contributed by atoms with E-state index in [1.165, 1.54) is 12.1 Å². The Bertz CT molecular complexity index is 341. The van der Waals surface area contributed by atoms with Crippen LogP contribution in [0.25, 0.3) is 0 Å². The highest BCUT2D eigenvalue weighted by Gasteiger charge is 2.06. The molecule has 1 N–H and O–H groups in total. The summed E-state index contributed by atoms with van der Waals surface area (Å²) in [5, 5.41) is 0. The Kier molecular flexibility index (Phi) is 3.63. The lowest BCUT2D eigenvalue weighted by atomic mass is 10.2. The maximum atomic E-state index is 10.5. The maximum absolute atomic E-state index is 10.5. The van der Waals surface area contributed by atoms with E-state index in [1.807, 2.05) is 6.92 Å². The van der Waals surface area contributed by atoms with Crippen LogP contribution in [0.3, 0.4) is 0 Å². The van der Waals surface area contributed by atoms with Crippen molar-refractivity contribution in [3.05, 3.63) is 29.8 Å². The number of rotatable bonds is 1. The number of benzene rings is 1. The van der Waals surface area contributed by atoms with Crippen LogP contribution < -0.4 is 0 Å². The molecule has 3 nitrogen and oxygen atoms in total. The van der Waals surface area contributed by atoms with Crippen molar-refractivity contribution in [3.63, 3.8) is 0 Å². The van der Waals surface area contributed by atoms with Crippen molar-refractivity contribution in [1.82, 2.24) is 0 Å². The maximum Gasteiger partial charge on any atom is 0.294 e. The molecule has 1 aromatic carbocycles. The second-order valence-electron chi connectivity index (χ2n) is 2.29. The molecule has 0 aliphatic rings. The standard InChI is InChI=1S/C7H8O3S.H4Si/c1-6-2-4-7(5-3-6)11(8,9)10;/h2-5H,1H3,(H,8,9,10);1H4. The van der Waals surface area contributed by atoms with Crippen LogP contribution in [0.4, 0.5) is 0 Å². The Morgan fingerprint density at radius 1 is 1.17 bits per heavy atom. The Morgan fingerprint density at radius 3 is 1.92 bits per heavy atom. The molecule has 0 spiro atoms. The molecule has 1 rings (SSSR count). The van der Waals surface area contributed by atoms with Crippen molar-refractivity contribution in [2.24, 2.45) is 0 Å². The molecule has 12 heavy (non-hydrogen) atoms. The van der Waals surface area contributed by atoms with Gasteiger partial charge >= 0.3 is 0 Å². The third-order valence-corrected chi connectivity index (χ3v) is 2.19. The molecular formula is C7H12O3SSi. The highest BCUT2D eigenvalue weighted by molar-refractivity contribution is 7.85. The zero-order valence-electron chi connectivity index (χ0n) is 5.98. The van der Waals surface area contributed by atoms with E-state index in [4.69, 9.17) is 4.55 Å². The normalized spacial score (nSPS) is 10.5. The molecule has 0 amide bonds. The molecule has 0 bridgehead atoms. The average molecular weight is 204 g/mol. The molecular weight excluding hydrogens is 192 g/mol. The Labute approximate surface area is 76.2 Å². The first-order valence-corrected chi connectivity index (χ1v) is 4.48.